The molecule has 12 atom stereocenters. The largest absolute Gasteiger partial charge is 0.482 e. The second-order valence-electron chi connectivity index (χ2n) is 29.2. The van der Waals surface area contributed by atoms with Gasteiger partial charge in [-0.25, -0.2) is 4.79 Å². The van der Waals surface area contributed by atoms with Crippen LogP contribution in [0.5, 0.6) is 23.0 Å². The topological polar surface area (TPSA) is 189 Å². The number of aliphatic hydroxyl groups excluding tert-OH is 2. The summed E-state index contributed by atoms with van der Waals surface area (Å²) < 4.78 is 53.7. The Morgan fingerprint density at radius 3 is 1.99 bits per heavy atom. The highest BCUT2D eigenvalue weighted by Crippen LogP contribution is 2.71. The Hall–Kier alpha value is -7.80. The van der Waals surface area contributed by atoms with Gasteiger partial charge in [0.15, 0.2) is 34.3 Å². The van der Waals surface area contributed by atoms with Gasteiger partial charge in [-0.15, -0.1) is 0 Å². The summed E-state index contributed by atoms with van der Waals surface area (Å²) in [6.45, 7) is 21.2. The summed E-state index contributed by atoms with van der Waals surface area (Å²) >= 11 is 0. The first-order valence-corrected chi connectivity index (χ1v) is 33.2. The number of allylic oxidation sites excluding steroid dienone is 4. The van der Waals surface area contributed by atoms with Crippen LogP contribution in [0.1, 0.15) is 149 Å². The van der Waals surface area contributed by atoms with Crippen molar-refractivity contribution in [2.24, 2.45) is 17.8 Å². The van der Waals surface area contributed by atoms with Gasteiger partial charge in [-0.2, -0.15) is 0 Å². The number of ether oxygens (including phenoxy) is 8. The van der Waals surface area contributed by atoms with Crippen LogP contribution in [0.25, 0.3) is 27.6 Å². The molecule has 1 amide bonds. The lowest BCUT2D eigenvalue weighted by Gasteiger charge is -2.64. The fourth-order valence-corrected chi connectivity index (χ4v) is 17.3. The minimum Gasteiger partial charge on any atom is -0.482 e. The number of rotatable bonds is 13. The van der Waals surface area contributed by atoms with Crippen LogP contribution in [0.2, 0.25) is 0 Å². The highest BCUT2D eigenvalue weighted by atomic mass is 16.8. The summed E-state index contributed by atoms with van der Waals surface area (Å²) in [4.78, 5) is 68.6. The maximum atomic E-state index is 17.5. The van der Waals surface area contributed by atoms with Crippen molar-refractivity contribution in [2.45, 2.75) is 192 Å². The van der Waals surface area contributed by atoms with Crippen molar-refractivity contribution >= 4 is 51.1 Å². The summed E-state index contributed by atoms with van der Waals surface area (Å²) in [7, 11) is 0. The molecule has 2 N–H and O–H groups in total. The van der Waals surface area contributed by atoms with Gasteiger partial charge in [0.05, 0.1) is 29.3 Å². The van der Waals surface area contributed by atoms with Gasteiger partial charge in [-0.05, 0) is 175 Å². The predicted molar refractivity (Wildman–Crippen MR) is 353 cm³/mol. The van der Waals surface area contributed by atoms with Crippen LogP contribution in [0, 0.1) is 17.8 Å². The van der Waals surface area contributed by atoms with Crippen LogP contribution in [0.3, 0.4) is 0 Å². The molecule has 10 aliphatic rings. The van der Waals surface area contributed by atoms with Gasteiger partial charge in [-0.3, -0.25) is 19.3 Å². The van der Waals surface area contributed by atoms with Crippen molar-refractivity contribution in [1.29, 1.82) is 0 Å². The zero-order valence-electron chi connectivity index (χ0n) is 55.1. The van der Waals surface area contributed by atoms with E-state index in [1.807, 2.05) is 69.9 Å². The minimum atomic E-state index is -1.79. The number of hydrogen-bond donors (Lipinski definition) is 2. The van der Waals surface area contributed by atoms with Gasteiger partial charge in [0.1, 0.15) is 52.8 Å². The number of Topliss-reactive ketones (excluding diaryl/α,β-unsaturated/α-hetero) is 2. The zero-order chi connectivity index (χ0) is 65.7. The third-order valence-corrected chi connectivity index (χ3v) is 21.6. The van der Waals surface area contributed by atoms with Gasteiger partial charge >= 0.3 is 5.97 Å². The van der Waals surface area contributed by atoms with E-state index >= 15 is 19.2 Å². The first-order chi connectivity index (χ1) is 44.9. The van der Waals surface area contributed by atoms with Crippen LogP contribution in [0.4, 0.5) is 0 Å². The molecule has 3 aliphatic carbocycles. The van der Waals surface area contributed by atoms with Crippen molar-refractivity contribution in [3.63, 3.8) is 0 Å². The van der Waals surface area contributed by atoms with Crippen LogP contribution in [0.15, 0.2) is 138 Å². The van der Waals surface area contributed by atoms with Crippen LogP contribution < -0.4 is 18.9 Å². The second kappa shape index (κ2) is 22.7. The molecule has 1 spiro atoms. The van der Waals surface area contributed by atoms with Gasteiger partial charge in [0.2, 0.25) is 12.2 Å². The van der Waals surface area contributed by atoms with E-state index in [9.17, 15) is 10.2 Å². The van der Waals surface area contributed by atoms with E-state index in [1.54, 1.807) is 32.9 Å². The molecule has 0 radical (unpaired) electrons. The molecule has 7 aliphatic heterocycles. The number of benzene rings is 6. The maximum absolute atomic E-state index is 17.5. The molecule has 3 saturated heterocycles. The number of nitrogens with zero attached hydrogens (tertiary/aromatic N) is 2. The van der Waals surface area contributed by atoms with Crippen LogP contribution in [-0.4, -0.2) is 115 Å². The summed E-state index contributed by atoms with van der Waals surface area (Å²) in [6.07, 6.45) is 6.11. The van der Waals surface area contributed by atoms with E-state index in [-0.39, 0.29) is 65.3 Å². The number of carbonyl (C=O) groups excluding carboxylic acids is 4. The lowest BCUT2D eigenvalue weighted by atomic mass is 9.44. The molecule has 0 aromatic heterocycles. The standard InChI is InChI=1S/C78H82N2O14/c1-42(2)16-15-33-76(10)34-32-54-66(92-76)53(30-25-43(3)4)68-60(67(54)90-72(86)47-26-28-52(29-27-47)88-73-65(83)64(82)69-56(89-73)41-87-75(8,9)91-69)63(81)61-62(79-37-48-21-11-17-45-18-12-22-49(38-79)58(45)48)55-36-57-74(6,7)94-77(70(55)84,78(57,61)93-68)35-31-44(5)71(85)80-39-50-23-13-19-46-20-14-24-51(40-80)59(46)50/h11-14,16-29,31-32,34,55-57,61-62,64-65,69,73,82-83H,15,30,33,35-41H2,1-10H3/t55?,56-,57?,61?,62?,64-,65-,69-,73-,76?,77?,78?/m1/s1. The Morgan fingerprint density at radius 1 is 0.734 bits per heavy atom. The SMILES string of the molecule is CC(C)=CCCC1(C)C=Cc2c(c(CC=C(C)C)c3c(c2OC(=O)c2ccc(O[C@@H]4O[C@@H]5COC(C)(C)O[C@H]5[C@H](O)[C@H]4O)cc2)C(=O)C2C(N4Cc5cccc6cccc(c56)C4)C4CC5C(C)(C)OC(CC=C(C)C(=O)N6Cc7cccc8cccc(c78)C6)(C4=O)C25O3)O1. The number of carbonyl (C=O) groups is 4. The lowest BCUT2D eigenvalue weighted by molar-refractivity contribution is -0.373. The third kappa shape index (κ3) is 9.94. The summed E-state index contributed by atoms with van der Waals surface area (Å²) in [5, 5.41) is 27.0. The molecule has 6 fully saturated rings. The molecule has 16 rings (SSSR count). The van der Waals surface area contributed by atoms with Crippen LogP contribution in [-0.2, 0) is 61.1 Å². The van der Waals surface area contributed by atoms with Gasteiger partial charge in [-0.1, -0.05) is 102 Å². The molecule has 6 aromatic carbocycles. The molecule has 7 unspecified atom stereocenters. The smallest absolute Gasteiger partial charge is 0.343 e. The Balaban J connectivity index is 0.865. The normalized spacial score (nSPS) is 30.5. The summed E-state index contributed by atoms with van der Waals surface area (Å²) in [6, 6.07) is 30.4. The number of ketones is 2. The number of fused-ring (bicyclic) bond motifs is 3. The van der Waals surface area contributed by atoms with Crippen molar-refractivity contribution < 1.29 is 67.3 Å². The number of hydrogen-bond acceptors (Lipinski definition) is 15. The molecule has 4 bridgehead atoms. The fourth-order valence-electron chi connectivity index (χ4n) is 17.3. The molecule has 16 heteroatoms. The van der Waals surface area contributed by atoms with Gasteiger partial charge in [0, 0.05) is 61.6 Å². The Morgan fingerprint density at radius 2 is 1.36 bits per heavy atom. The highest BCUT2D eigenvalue weighted by Gasteiger charge is 2.86. The molecule has 7 heterocycles. The van der Waals surface area contributed by atoms with Crippen molar-refractivity contribution in [2.75, 3.05) is 6.61 Å². The fraction of sp³-hybridized carbons (Fsp3) is 0.436. The first kappa shape index (κ1) is 62.3. The van der Waals surface area contributed by atoms with E-state index < -0.39 is 88.7 Å². The van der Waals surface area contributed by atoms with E-state index in [0.717, 1.165) is 44.0 Å². The van der Waals surface area contributed by atoms with E-state index in [4.69, 9.17) is 37.9 Å². The zero-order valence-corrected chi connectivity index (χ0v) is 55.1. The molecule has 94 heavy (non-hydrogen) atoms. The van der Waals surface area contributed by atoms with Gasteiger partial charge in [0.25, 0.3) is 0 Å². The summed E-state index contributed by atoms with van der Waals surface area (Å²) in [5.41, 5.74) is 2.67. The molecule has 488 valence electrons. The Kier molecular flexibility index (Phi) is 15.0. The number of amides is 1. The lowest BCUT2D eigenvalue weighted by Crippen LogP contribution is -2.82. The molecule has 6 aromatic rings. The monoisotopic (exact) mass is 1270 g/mol. The molecular weight excluding hydrogens is 1190 g/mol. The average molecular weight is 1270 g/mol. The minimum absolute atomic E-state index is 0.0388. The van der Waals surface area contributed by atoms with E-state index in [1.165, 1.54) is 23.1 Å². The highest BCUT2D eigenvalue weighted by molar-refractivity contribution is 6.11. The van der Waals surface area contributed by atoms with E-state index in [2.05, 4.69) is 91.6 Å². The Labute approximate surface area is 548 Å². The van der Waals surface area contributed by atoms with E-state index in [0.29, 0.717) is 67.9 Å². The third-order valence-electron chi connectivity index (χ3n) is 21.6. The molecule has 3 saturated carbocycles. The predicted octanol–water partition coefficient (Wildman–Crippen LogP) is 12.6. The summed E-state index contributed by atoms with van der Waals surface area (Å²) in [5.74, 6) is -4.07. The number of aliphatic hydroxyl groups is 2. The maximum Gasteiger partial charge on any atom is 0.343 e. The number of esters is 1. The van der Waals surface area contributed by atoms with Crippen molar-refractivity contribution in [1.82, 2.24) is 9.80 Å². The van der Waals surface area contributed by atoms with Crippen molar-refractivity contribution in [3.05, 3.63) is 183 Å². The second-order valence-corrected chi connectivity index (χ2v) is 29.2. The Bertz CT molecular complexity index is 4220. The average Bonchev–Trinajstić information content (AvgIpc) is 1.39. The van der Waals surface area contributed by atoms with Crippen molar-refractivity contribution in [3.8, 4) is 23.0 Å². The molecule has 16 nitrogen and oxygen atoms in total. The first-order valence-electron chi connectivity index (χ1n) is 33.2. The van der Waals surface area contributed by atoms with Gasteiger partial charge < -0.3 is 53.0 Å². The molecular formula is C78H82N2O14. The quantitative estimate of drug-likeness (QED) is 0.0480. The van der Waals surface area contributed by atoms with Crippen LogP contribution >= 0.6 is 0 Å².